The number of thiocarbonyl (C=S) groups is 1. The second kappa shape index (κ2) is 7.11. The quantitative estimate of drug-likeness (QED) is 0.569. The van der Waals surface area contributed by atoms with Crippen LogP contribution < -0.4 is 15.1 Å². The van der Waals surface area contributed by atoms with E-state index in [1.165, 1.54) is 41.3 Å². The SMILES string of the molecule is O=C([O-])c1ccc(/C=C2\SC(=S)N(c3ccc(C(=O)[O-])cc3)C2=O)cc1. The largest absolute Gasteiger partial charge is 0.545 e. The minimum atomic E-state index is -1.30. The third-order valence-electron chi connectivity index (χ3n) is 3.60. The van der Waals surface area contributed by atoms with Gasteiger partial charge < -0.3 is 19.8 Å². The number of aromatic carboxylic acids is 2. The highest BCUT2D eigenvalue weighted by molar-refractivity contribution is 8.27. The number of hydrogen-bond acceptors (Lipinski definition) is 7. The number of benzene rings is 2. The third-order valence-corrected chi connectivity index (χ3v) is 4.90. The number of hydrogen-bond donors (Lipinski definition) is 0. The Bertz CT molecular complexity index is 949. The van der Waals surface area contributed by atoms with Crippen molar-refractivity contribution in [3.63, 3.8) is 0 Å². The van der Waals surface area contributed by atoms with Crippen LogP contribution in [0, 0.1) is 0 Å². The molecule has 0 atom stereocenters. The van der Waals surface area contributed by atoms with Crippen LogP contribution in [0.4, 0.5) is 5.69 Å². The van der Waals surface area contributed by atoms with Gasteiger partial charge in [-0.3, -0.25) is 9.69 Å². The molecule has 130 valence electrons. The summed E-state index contributed by atoms with van der Waals surface area (Å²) < 4.78 is 0.314. The number of carboxylic acids is 2. The molecule has 1 aliphatic rings. The maximum atomic E-state index is 12.6. The molecule has 3 rings (SSSR count). The van der Waals surface area contributed by atoms with Crippen molar-refractivity contribution >= 4 is 57.9 Å². The molecule has 0 aromatic heterocycles. The molecule has 2 aromatic rings. The molecule has 0 radical (unpaired) electrons. The monoisotopic (exact) mass is 383 g/mol. The molecule has 1 heterocycles. The van der Waals surface area contributed by atoms with Gasteiger partial charge in [0.05, 0.1) is 22.5 Å². The van der Waals surface area contributed by atoms with E-state index in [1.807, 2.05) is 0 Å². The van der Waals surface area contributed by atoms with E-state index in [9.17, 15) is 24.6 Å². The van der Waals surface area contributed by atoms with Gasteiger partial charge in [-0.1, -0.05) is 60.4 Å². The topological polar surface area (TPSA) is 101 Å². The predicted octanol–water partition coefficient (Wildman–Crippen LogP) is 0.819. The summed E-state index contributed by atoms with van der Waals surface area (Å²) in [6, 6.07) is 11.5. The normalized spacial score (nSPS) is 15.5. The van der Waals surface area contributed by atoms with E-state index >= 15 is 0 Å². The lowest BCUT2D eigenvalue weighted by atomic mass is 10.1. The van der Waals surface area contributed by atoms with Crippen LogP contribution in [0.1, 0.15) is 26.3 Å². The van der Waals surface area contributed by atoms with Crippen molar-refractivity contribution in [3.05, 3.63) is 70.1 Å². The molecule has 0 spiro atoms. The molecule has 0 N–H and O–H groups in total. The number of rotatable bonds is 4. The molecule has 6 nitrogen and oxygen atoms in total. The van der Waals surface area contributed by atoms with E-state index in [4.69, 9.17) is 12.2 Å². The summed E-state index contributed by atoms with van der Waals surface area (Å²) in [6.07, 6.45) is 1.61. The van der Waals surface area contributed by atoms with Crippen LogP contribution >= 0.6 is 24.0 Å². The molecule has 0 unspecified atom stereocenters. The molecule has 8 heteroatoms. The zero-order valence-electron chi connectivity index (χ0n) is 13.0. The number of carboxylic acid groups (broad SMARTS) is 2. The number of thioether (sulfide) groups is 1. The van der Waals surface area contributed by atoms with Gasteiger partial charge in [0.15, 0.2) is 4.32 Å². The first-order valence-electron chi connectivity index (χ1n) is 7.27. The highest BCUT2D eigenvalue weighted by atomic mass is 32.2. The molecule has 0 aliphatic carbocycles. The molecule has 1 amide bonds. The van der Waals surface area contributed by atoms with Crippen LogP contribution in [-0.4, -0.2) is 22.2 Å². The van der Waals surface area contributed by atoms with Crippen LogP contribution in [0.3, 0.4) is 0 Å². The summed E-state index contributed by atoms with van der Waals surface area (Å²) in [7, 11) is 0. The fraction of sp³-hybridized carbons (Fsp3) is 0. The Morgan fingerprint density at radius 2 is 1.42 bits per heavy atom. The average molecular weight is 383 g/mol. The third kappa shape index (κ3) is 3.51. The summed E-state index contributed by atoms with van der Waals surface area (Å²) in [6.45, 7) is 0. The number of carbonyl (C=O) groups is 3. The molecule has 1 aliphatic heterocycles. The number of nitrogens with zero attached hydrogens (tertiary/aromatic N) is 1. The van der Waals surface area contributed by atoms with E-state index in [0.29, 0.717) is 20.5 Å². The molecular formula is C18H9NO5S2-2. The second-order valence-corrected chi connectivity index (χ2v) is 6.94. The fourth-order valence-corrected chi connectivity index (χ4v) is 3.60. The van der Waals surface area contributed by atoms with Gasteiger partial charge in [0.25, 0.3) is 5.91 Å². The molecule has 1 fully saturated rings. The van der Waals surface area contributed by atoms with Crippen LogP contribution in [0.15, 0.2) is 53.4 Å². The molecule has 2 aromatic carbocycles. The van der Waals surface area contributed by atoms with Crippen LogP contribution in [0.2, 0.25) is 0 Å². The minimum Gasteiger partial charge on any atom is -0.545 e. The van der Waals surface area contributed by atoms with Gasteiger partial charge in [-0.15, -0.1) is 0 Å². The van der Waals surface area contributed by atoms with Crippen molar-refractivity contribution < 1.29 is 24.6 Å². The highest BCUT2D eigenvalue weighted by Gasteiger charge is 2.33. The lowest BCUT2D eigenvalue weighted by Gasteiger charge is -2.15. The van der Waals surface area contributed by atoms with Gasteiger partial charge in [0.1, 0.15) is 0 Å². The number of carbonyl (C=O) groups excluding carboxylic acids is 3. The fourth-order valence-electron chi connectivity index (χ4n) is 2.30. The molecular weight excluding hydrogens is 374 g/mol. The van der Waals surface area contributed by atoms with Gasteiger partial charge in [-0.05, 0) is 34.9 Å². The number of amides is 1. The van der Waals surface area contributed by atoms with Gasteiger partial charge in [-0.2, -0.15) is 0 Å². The van der Waals surface area contributed by atoms with Crippen LogP contribution in [0.5, 0.6) is 0 Å². The Morgan fingerprint density at radius 3 is 1.92 bits per heavy atom. The maximum Gasteiger partial charge on any atom is 0.270 e. The van der Waals surface area contributed by atoms with Gasteiger partial charge in [-0.25, -0.2) is 0 Å². The molecule has 0 saturated carbocycles. The Labute approximate surface area is 157 Å². The van der Waals surface area contributed by atoms with E-state index < -0.39 is 11.9 Å². The van der Waals surface area contributed by atoms with Crippen molar-refractivity contribution in [3.8, 4) is 0 Å². The summed E-state index contributed by atoms with van der Waals surface area (Å²) in [5.41, 5.74) is 1.14. The van der Waals surface area contributed by atoms with Crippen molar-refractivity contribution in [2.45, 2.75) is 0 Å². The summed E-state index contributed by atoms with van der Waals surface area (Å²) in [5.74, 6) is -2.92. The smallest absolute Gasteiger partial charge is 0.270 e. The summed E-state index contributed by atoms with van der Waals surface area (Å²) >= 11 is 6.35. The Hall–Kier alpha value is -2.97. The molecule has 1 saturated heterocycles. The van der Waals surface area contributed by atoms with E-state index in [0.717, 1.165) is 11.8 Å². The number of anilines is 1. The van der Waals surface area contributed by atoms with Crippen molar-refractivity contribution in [1.29, 1.82) is 0 Å². The zero-order chi connectivity index (χ0) is 18.8. The Balaban J connectivity index is 1.86. The average Bonchev–Trinajstić information content (AvgIpc) is 2.89. The summed E-state index contributed by atoms with van der Waals surface area (Å²) in [5, 5.41) is 21.6. The lowest BCUT2D eigenvalue weighted by molar-refractivity contribution is -0.256. The predicted molar refractivity (Wildman–Crippen MR) is 97.2 cm³/mol. The minimum absolute atomic E-state index is 0.00254. The zero-order valence-corrected chi connectivity index (χ0v) is 14.6. The van der Waals surface area contributed by atoms with Crippen molar-refractivity contribution in [2.24, 2.45) is 0 Å². The standard InChI is InChI=1S/C18H11NO5S2/c20-15-14(9-10-1-3-11(4-2-10)16(21)22)26-18(25)19(15)13-7-5-12(6-8-13)17(23)24/h1-9H,(H,21,22)(H,23,24)/p-2/b14-9-. The Morgan fingerprint density at radius 1 is 0.923 bits per heavy atom. The van der Waals surface area contributed by atoms with Crippen molar-refractivity contribution in [1.82, 2.24) is 0 Å². The van der Waals surface area contributed by atoms with E-state index in [-0.39, 0.29) is 17.0 Å². The maximum absolute atomic E-state index is 12.6. The van der Waals surface area contributed by atoms with Crippen molar-refractivity contribution in [2.75, 3.05) is 4.90 Å². The summed E-state index contributed by atoms with van der Waals surface area (Å²) in [4.78, 5) is 35.9. The van der Waals surface area contributed by atoms with E-state index in [2.05, 4.69) is 0 Å². The van der Waals surface area contributed by atoms with Gasteiger partial charge >= 0.3 is 0 Å². The Kier molecular flexibility index (Phi) is 4.88. The van der Waals surface area contributed by atoms with E-state index in [1.54, 1.807) is 18.2 Å². The first-order valence-corrected chi connectivity index (χ1v) is 8.50. The second-order valence-electron chi connectivity index (χ2n) is 5.26. The molecule has 0 bridgehead atoms. The first kappa shape index (κ1) is 17.8. The lowest BCUT2D eigenvalue weighted by Crippen LogP contribution is -2.28. The van der Waals surface area contributed by atoms with Gasteiger partial charge in [0, 0.05) is 0 Å². The molecule has 26 heavy (non-hydrogen) atoms. The van der Waals surface area contributed by atoms with Crippen LogP contribution in [0.25, 0.3) is 6.08 Å². The first-order chi connectivity index (χ1) is 12.4. The van der Waals surface area contributed by atoms with Gasteiger partial charge in [0.2, 0.25) is 0 Å². The highest BCUT2D eigenvalue weighted by Crippen LogP contribution is 2.36. The van der Waals surface area contributed by atoms with Crippen LogP contribution in [-0.2, 0) is 4.79 Å².